The lowest BCUT2D eigenvalue weighted by Crippen LogP contribution is -2.49. The lowest BCUT2D eigenvalue weighted by molar-refractivity contribution is -0.541. The van der Waals surface area contributed by atoms with Crippen molar-refractivity contribution in [2.45, 2.75) is 26.3 Å². The minimum Gasteiger partial charge on any atom is -0.310 e. The summed E-state index contributed by atoms with van der Waals surface area (Å²) in [5.74, 6) is 0. The highest BCUT2D eigenvalue weighted by atomic mass is 16.6. The maximum Gasteiger partial charge on any atom is 0.230 e. The largest absolute Gasteiger partial charge is 0.310 e. The van der Waals surface area contributed by atoms with Crippen LogP contribution in [0.5, 0.6) is 0 Å². The van der Waals surface area contributed by atoms with Gasteiger partial charge in [0.25, 0.3) is 0 Å². The van der Waals surface area contributed by atoms with E-state index in [-0.39, 0.29) is 10.3 Å². The number of hydrogen-bond donors (Lipinski definition) is 1. The molecular formula is C7H14N2O2. The minimum absolute atomic E-state index is 0.144. The van der Waals surface area contributed by atoms with Crippen molar-refractivity contribution in [3.63, 3.8) is 0 Å². The van der Waals surface area contributed by atoms with Gasteiger partial charge in [0.2, 0.25) is 6.04 Å². The fourth-order valence-electron chi connectivity index (χ4n) is 1.45. The predicted molar refractivity (Wildman–Crippen MR) is 42.1 cm³/mol. The quantitative estimate of drug-likeness (QED) is 0.450. The molecule has 0 spiro atoms. The van der Waals surface area contributed by atoms with Crippen LogP contribution in [-0.2, 0) is 0 Å². The highest BCUT2D eigenvalue weighted by Crippen LogP contribution is 2.28. The number of nitrogens with zero attached hydrogens (tertiary/aromatic N) is 1. The van der Waals surface area contributed by atoms with Crippen LogP contribution in [0.15, 0.2) is 0 Å². The van der Waals surface area contributed by atoms with Gasteiger partial charge in [-0.1, -0.05) is 13.8 Å². The molecule has 1 fully saturated rings. The van der Waals surface area contributed by atoms with Crippen LogP contribution in [0.4, 0.5) is 0 Å². The molecule has 1 N–H and O–H groups in total. The van der Waals surface area contributed by atoms with Gasteiger partial charge in [-0.25, -0.2) is 0 Å². The highest BCUT2D eigenvalue weighted by Gasteiger charge is 2.40. The van der Waals surface area contributed by atoms with E-state index in [1.165, 1.54) is 0 Å². The van der Waals surface area contributed by atoms with E-state index in [0.29, 0.717) is 6.54 Å². The zero-order valence-corrected chi connectivity index (χ0v) is 6.96. The molecule has 0 aromatic heterocycles. The summed E-state index contributed by atoms with van der Waals surface area (Å²) in [6.45, 7) is 5.33. The summed E-state index contributed by atoms with van der Waals surface area (Å²) in [4.78, 5) is 10.4. The van der Waals surface area contributed by atoms with Crippen LogP contribution in [0.2, 0.25) is 0 Å². The zero-order valence-electron chi connectivity index (χ0n) is 6.96. The van der Waals surface area contributed by atoms with E-state index in [0.717, 1.165) is 13.0 Å². The van der Waals surface area contributed by atoms with E-state index >= 15 is 0 Å². The van der Waals surface area contributed by atoms with E-state index in [9.17, 15) is 10.1 Å². The molecule has 1 saturated heterocycles. The first-order valence-electron chi connectivity index (χ1n) is 3.88. The van der Waals surface area contributed by atoms with Gasteiger partial charge in [0, 0.05) is 10.3 Å². The molecule has 4 heteroatoms. The third-order valence-electron chi connectivity index (χ3n) is 2.44. The summed E-state index contributed by atoms with van der Waals surface area (Å²) in [6.07, 6.45) is 0.888. The van der Waals surface area contributed by atoms with Gasteiger partial charge in [0.05, 0.1) is 6.54 Å². The predicted octanol–water partition coefficient (Wildman–Crippen LogP) is 0.651. The maximum atomic E-state index is 10.5. The first-order chi connectivity index (χ1) is 5.04. The SMILES string of the molecule is CC1(C)CCNC[C@@H]1[N+](=O)[O-]. The molecule has 1 aliphatic rings. The third kappa shape index (κ3) is 1.68. The van der Waals surface area contributed by atoms with Gasteiger partial charge in [0.1, 0.15) is 0 Å². The highest BCUT2D eigenvalue weighted by molar-refractivity contribution is 4.84. The molecule has 1 atom stereocenters. The lowest BCUT2D eigenvalue weighted by atomic mass is 9.79. The Hall–Kier alpha value is -0.640. The van der Waals surface area contributed by atoms with E-state index in [1.807, 2.05) is 13.8 Å². The van der Waals surface area contributed by atoms with Crippen molar-refractivity contribution in [2.24, 2.45) is 5.41 Å². The van der Waals surface area contributed by atoms with Gasteiger partial charge >= 0.3 is 0 Å². The number of nitro groups is 1. The standard InChI is InChI=1S/C7H14N2O2/c1-7(2)3-4-8-5-6(7)9(10)11/h6,8H,3-5H2,1-2H3/t6-/m0/s1. The van der Waals surface area contributed by atoms with Crippen molar-refractivity contribution in [2.75, 3.05) is 13.1 Å². The number of rotatable bonds is 1. The third-order valence-corrected chi connectivity index (χ3v) is 2.44. The van der Waals surface area contributed by atoms with E-state index in [4.69, 9.17) is 0 Å². The van der Waals surface area contributed by atoms with E-state index < -0.39 is 6.04 Å². The monoisotopic (exact) mass is 158 g/mol. The van der Waals surface area contributed by atoms with Crippen LogP contribution in [0, 0.1) is 15.5 Å². The molecule has 1 aliphatic heterocycles. The summed E-state index contributed by atoms with van der Waals surface area (Å²) in [7, 11) is 0. The van der Waals surface area contributed by atoms with Crippen LogP contribution in [-0.4, -0.2) is 24.1 Å². The molecule has 0 aromatic carbocycles. The van der Waals surface area contributed by atoms with Crippen molar-refractivity contribution in [1.82, 2.24) is 5.32 Å². The number of hydrogen-bond acceptors (Lipinski definition) is 3. The second-order valence-electron chi connectivity index (χ2n) is 3.74. The van der Waals surface area contributed by atoms with Crippen LogP contribution in [0.3, 0.4) is 0 Å². The fourth-order valence-corrected chi connectivity index (χ4v) is 1.45. The average Bonchev–Trinajstić information content (AvgIpc) is 1.85. The van der Waals surface area contributed by atoms with Gasteiger partial charge in [0.15, 0.2) is 0 Å². The lowest BCUT2D eigenvalue weighted by Gasteiger charge is -2.32. The molecule has 1 heterocycles. The normalized spacial score (nSPS) is 29.8. The van der Waals surface area contributed by atoms with Crippen molar-refractivity contribution < 1.29 is 4.92 Å². The van der Waals surface area contributed by atoms with Crippen LogP contribution in [0.25, 0.3) is 0 Å². The molecule has 0 saturated carbocycles. The molecule has 0 aliphatic carbocycles. The van der Waals surface area contributed by atoms with Crippen molar-refractivity contribution in [3.05, 3.63) is 10.1 Å². The van der Waals surface area contributed by atoms with Gasteiger partial charge in [-0.05, 0) is 13.0 Å². The Morgan fingerprint density at radius 2 is 2.27 bits per heavy atom. The second kappa shape index (κ2) is 2.77. The minimum atomic E-state index is -0.420. The Labute approximate surface area is 66.1 Å². The van der Waals surface area contributed by atoms with E-state index in [1.54, 1.807) is 0 Å². The molecule has 1 rings (SSSR count). The molecule has 64 valence electrons. The maximum absolute atomic E-state index is 10.5. The molecular weight excluding hydrogens is 144 g/mol. The van der Waals surface area contributed by atoms with E-state index in [2.05, 4.69) is 5.32 Å². The molecule has 0 bridgehead atoms. The smallest absolute Gasteiger partial charge is 0.230 e. The Morgan fingerprint density at radius 1 is 1.64 bits per heavy atom. The molecule has 0 amide bonds. The Kier molecular flexibility index (Phi) is 2.13. The Bertz CT molecular complexity index is 168. The van der Waals surface area contributed by atoms with Crippen molar-refractivity contribution in [3.8, 4) is 0 Å². The molecule has 4 nitrogen and oxygen atoms in total. The number of piperidine rings is 1. The van der Waals surface area contributed by atoms with Gasteiger partial charge in [-0.2, -0.15) is 0 Å². The molecule has 0 aromatic rings. The average molecular weight is 158 g/mol. The van der Waals surface area contributed by atoms with Gasteiger partial charge < -0.3 is 5.32 Å². The summed E-state index contributed by atoms with van der Waals surface area (Å²) < 4.78 is 0. The van der Waals surface area contributed by atoms with Crippen molar-refractivity contribution >= 4 is 0 Å². The van der Waals surface area contributed by atoms with Gasteiger partial charge in [-0.15, -0.1) is 0 Å². The molecule has 11 heavy (non-hydrogen) atoms. The van der Waals surface area contributed by atoms with Gasteiger partial charge in [-0.3, -0.25) is 10.1 Å². The summed E-state index contributed by atoms with van der Waals surface area (Å²) in [5, 5.41) is 13.6. The molecule has 0 radical (unpaired) electrons. The Morgan fingerprint density at radius 3 is 2.64 bits per heavy atom. The molecule has 0 unspecified atom stereocenters. The van der Waals surface area contributed by atoms with Crippen LogP contribution < -0.4 is 5.32 Å². The zero-order chi connectivity index (χ0) is 8.48. The summed E-state index contributed by atoms with van der Waals surface area (Å²) >= 11 is 0. The first-order valence-corrected chi connectivity index (χ1v) is 3.88. The topological polar surface area (TPSA) is 55.2 Å². The second-order valence-corrected chi connectivity index (χ2v) is 3.74. The summed E-state index contributed by atoms with van der Waals surface area (Å²) in [5.41, 5.74) is -0.144. The fraction of sp³-hybridized carbons (Fsp3) is 1.00. The summed E-state index contributed by atoms with van der Waals surface area (Å²) in [6, 6.07) is -0.420. The number of nitrogens with one attached hydrogen (secondary N) is 1. The Balaban J connectivity index is 2.67. The first kappa shape index (κ1) is 8.46. The van der Waals surface area contributed by atoms with Crippen LogP contribution in [0.1, 0.15) is 20.3 Å². The van der Waals surface area contributed by atoms with Crippen LogP contribution >= 0.6 is 0 Å². The van der Waals surface area contributed by atoms with Crippen molar-refractivity contribution in [1.29, 1.82) is 0 Å².